The Morgan fingerprint density at radius 1 is 1.35 bits per heavy atom. The van der Waals surface area contributed by atoms with Gasteiger partial charge in [-0.25, -0.2) is 4.98 Å². The first-order valence-corrected chi connectivity index (χ1v) is 7.36. The van der Waals surface area contributed by atoms with Gasteiger partial charge in [0.2, 0.25) is 0 Å². The van der Waals surface area contributed by atoms with Crippen molar-refractivity contribution in [1.29, 1.82) is 0 Å². The molecule has 0 atom stereocenters. The summed E-state index contributed by atoms with van der Waals surface area (Å²) in [6, 6.07) is 8.36. The highest BCUT2D eigenvalue weighted by Gasteiger charge is 2.19. The standard InChI is InChI=1S/C15H17BrN4/c1-9-13(10-6-4-5-7-11(10)18-9)14-15(16)19-12(8-17-2)20(14)3/h4-7,17-18H,8H2,1-3H3. The normalized spacial score (nSPS) is 11.4. The van der Waals surface area contributed by atoms with Crippen LogP contribution in [0.2, 0.25) is 0 Å². The van der Waals surface area contributed by atoms with Crippen LogP contribution in [0.1, 0.15) is 11.5 Å². The zero-order valence-corrected chi connectivity index (χ0v) is 13.4. The largest absolute Gasteiger partial charge is 0.358 e. The van der Waals surface area contributed by atoms with Crippen molar-refractivity contribution in [1.82, 2.24) is 19.9 Å². The van der Waals surface area contributed by atoms with E-state index in [4.69, 9.17) is 0 Å². The Morgan fingerprint density at radius 3 is 2.85 bits per heavy atom. The smallest absolute Gasteiger partial charge is 0.132 e. The lowest BCUT2D eigenvalue weighted by Crippen LogP contribution is -2.10. The Labute approximate surface area is 126 Å². The summed E-state index contributed by atoms with van der Waals surface area (Å²) < 4.78 is 3.03. The number of nitrogens with zero attached hydrogens (tertiary/aromatic N) is 2. The molecule has 3 rings (SSSR count). The van der Waals surface area contributed by atoms with Crippen LogP contribution in [-0.2, 0) is 13.6 Å². The van der Waals surface area contributed by atoms with E-state index in [9.17, 15) is 0 Å². The molecule has 0 amide bonds. The molecule has 0 bridgehead atoms. The first-order chi connectivity index (χ1) is 9.63. The molecule has 0 spiro atoms. The average molecular weight is 333 g/mol. The van der Waals surface area contributed by atoms with Gasteiger partial charge >= 0.3 is 0 Å². The topological polar surface area (TPSA) is 45.6 Å². The third-order valence-corrected chi connectivity index (χ3v) is 4.16. The molecular formula is C15H17BrN4. The predicted octanol–water partition coefficient (Wildman–Crippen LogP) is 3.36. The SMILES string of the molecule is CNCc1nc(Br)c(-c2c(C)[nH]c3ccccc23)n1C. The van der Waals surface area contributed by atoms with Crippen molar-refractivity contribution in [2.24, 2.45) is 7.05 Å². The van der Waals surface area contributed by atoms with Gasteiger partial charge in [0, 0.05) is 29.2 Å². The lowest BCUT2D eigenvalue weighted by molar-refractivity contribution is 0.712. The molecule has 0 saturated carbocycles. The van der Waals surface area contributed by atoms with E-state index in [0.29, 0.717) is 0 Å². The van der Waals surface area contributed by atoms with E-state index >= 15 is 0 Å². The summed E-state index contributed by atoms with van der Waals surface area (Å²) in [6.07, 6.45) is 0. The number of rotatable bonds is 3. The van der Waals surface area contributed by atoms with E-state index in [2.05, 4.69) is 68.0 Å². The summed E-state index contributed by atoms with van der Waals surface area (Å²) in [6.45, 7) is 2.85. The highest BCUT2D eigenvalue weighted by Crippen LogP contribution is 2.36. The van der Waals surface area contributed by atoms with Gasteiger partial charge in [0.05, 0.1) is 12.2 Å². The summed E-state index contributed by atoms with van der Waals surface area (Å²) in [5.74, 6) is 1.01. The van der Waals surface area contributed by atoms with Crippen molar-refractivity contribution < 1.29 is 0 Å². The Bertz CT molecular complexity index is 770. The van der Waals surface area contributed by atoms with Crippen molar-refractivity contribution in [3.63, 3.8) is 0 Å². The summed E-state index contributed by atoms with van der Waals surface area (Å²) in [7, 11) is 3.99. The van der Waals surface area contributed by atoms with E-state index in [1.54, 1.807) is 0 Å². The molecular weight excluding hydrogens is 316 g/mol. The maximum Gasteiger partial charge on any atom is 0.132 e. The number of hydrogen-bond donors (Lipinski definition) is 2. The monoisotopic (exact) mass is 332 g/mol. The molecule has 0 fully saturated rings. The number of benzene rings is 1. The Balaban J connectivity index is 2.28. The molecule has 0 saturated heterocycles. The molecule has 0 radical (unpaired) electrons. The first-order valence-electron chi connectivity index (χ1n) is 6.57. The van der Waals surface area contributed by atoms with Crippen molar-refractivity contribution in [3.05, 3.63) is 40.4 Å². The molecule has 1 aromatic carbocycles. The molecule has 2 heterocycles. The van der Waals surface area contributed by atoms with Gasteiger partial charge in [-0.05, 0) is 36.0 Å². The number of nitrogens with one attached hydrogen (secondary N) is 2. The summed E-state index contributed by atoms with van der Waals surface area (Å²) >= 11 is 3.61. The Kier molecular flexibility index (Phi) is 3.40. The van der Waals surface area contributed by atoms with Crippen molar-refractivity contribution in [2.75, 3.05) is 7.05 Å². The number of hydrogen-bond acceptors (Lipinski definition) is 2. The molecule has 2 aromatic heterocycles. The minimum absolute atomic E-state index is 0.747. The van der Waals surface area contributed by atoms with Gasteiger partial charge in [-0.2, -0.15) is 0 Å². The van der Waals surface area contributed by atoms with Crippen LogP contribution < -0.4 is 5.32 Å². The lowest BCUT2D eigenvalue weighted by atomic mass is 10.1. The molecule has 0 aliphatic heterocycles. The van der Waals surface area contributed by atoms with Gasteiger partial charge in [0.1, 0.15) is 10.4 Å². The zero-order valence-electron chi connectivity index (χ0n) is 11.8. The minimum atomic E-state index is 0.747. The van der Waals surface area contributed by atoms with Crippen LogP contribution in [0.4, 0.5) is 0 Å². The number of halogens is 1. The average Bonchev–Trinajstić information content (AvgIpc) is 2.88. The Hall–Kier alpha value is -1.59. The first kappa shape index (κ1) is 13.4. The number of aryl methyl sites for hydroxylation is 1. The fourth-order valence-electron chi connectivity index (χ4n) is 2.68. The third-order valence-electron chi connectivity index (χ3n) is 3.61. The molecule has 4 nitrogen and oxygen atoms in total. The van der Waals surface area contributed by atoms with Crippen LogP contribution in [0.3, 0.4) is 0 Å². The fraction of sp³-hybridized carbons (Fsp3) is 0.267. The molecule has 104 valence electrons. The highest BCUT2D eigenvalue weighted by molar-refractivity contribution is 9.10. The van der Waals surface area contributed by atoms with E-state index < -0.39 is 0 Å². The Morgan fingerprint density at radius 2 is 2.10 bits per heavy atom. The van der Waals surface area contributed by atoms with Crippen LogP contribution >= 0.6 is 15.9 Å². The highest BCUT2D eigenvalue weighted by atomic mass is 79.9. The molecule has 20 heavy (non-hydrogen) atoms. The predicted molar refractivity (Wildman–Crippen MR) is 85.7 cm³/mol. The van der Waals surface area contributed by atoms with Gasteiger partial charge in [-0.15, -0.1) is 0 Å². The molecule has 5 heteroatoms. The second kappa shape index (κ2) is 5.07. The van der Waals surface area contributed by atoms with Crippen LogP contribution in [0.25, 0.3) is 22.2 Å². The van der Waals surface area contributed by atoms with Gasteiger partial charge in [-0.3, -0.25) is 0 Å². The summed E-state index contributed by atoms with van der Waals surface area (Å²) in [5.41, 5.74) is 4.64. The number of para-hydroxylation sites is 1. The second-order valence-corrected chi connectivity index (χ2v) is 5.68. The summed E-state index contributed by atoms with van der Waals surface area (Å²) in [5, 5.41) is 4.38. The third kappa shape index (κ3) is 1.98. The number of imidazole rings is 1. The van der Waals surface area contributed by atoms with Gasteiger partial charge in [-0.1, -0.05) is 18.2 Å². The van der Waals surface area contributed by atoms with Crippen LogP contribution in [0, 0.1) is 6.92 Å². The minimum Gasteiger partial charge on any atom is -0.358 e. The van der Waals surface area contributed by atoms with Crippen molar-refractivity contribution in [2.45, 2.75) is 13.5 Å². The fourth-order valence-corrected chi connectivity index (χ4v) is 3.35. The number of fused-ring (bicyclic) bond motifs is 1. The quantitative estimate of drug-likeness (QED) is 0.772. The summed E-state index contributed by atoms with van der Waals surface area (Å²) in [4.78, 5) is 8.05. The molecule has 0 aliphatic carbocycles. The van der Waals surface area contributed by atoms with Crippen molar-refractivity contribution in [3.8, 4) is 11.3 Å². The zero-order chi connectivity index (χ0) is 14.3. The van der Waals surface area contributed by atoms with E-state index in [1.165, 1.54) is 10.9 Å². The maximum atomic E-state index is 4.61. The number of aromatic nitrogens is 3. The molecule has 0 aliphatic rings. The second-order valence-electron chi connectivity index (χ2n) is 4.93. The van der Waals surface area contributed by atoms with Gasteiger partial charge in [0.25, 0.3) is 0 Å². The van der Waals surface area contributed by atoms with E-state index in [1.807, 2.05) is 13.1 Å². The van der Waals surface area contributed by atoms with E-state index in [0.717, 1.165) is 33.9 Å². The van der Waals surface area contributed by atoms with Crippen LogP contribution in [-0.4, -0.2) is 21.6 Å². The number of H-pyrrole nitrogens is 1. The molecule has 3 aromatic rings. The van der Waals surface area contributed by atoms with Gasteiger partial charge in [0.15, 0.2) is 0 Å². The van der Waals surface area contributed by atoms with Gasteiger partial charge < -0.3 is 14.9 Å². The lowest BCUT2D eigenvalue weighted by Gasteiger charge is -2.06. The van der Waals surface area contributed by atoms with E-state index in [-0.39, 0.29) is 0 Å². The molecule has 0 unspecified atom stereocenters. The maximum absolute atomic E-state index is 4.61. The number of aromatic amines is 1. The van der Waals surface area contributed by atoms with Crippen LogP contribution in [0.15, 0.2) is 28.9 Å². The molecule has 2 N–H and O–H groups in total. The van der Waals surface area contributed by atoms with Crippen LogP contribution in [0.5, 0.6) is 0 Å². The van der Waals surface area contributed by atoms with Crippen molar-refractivity contribution >= 4 is 26.8 Å².